The van der Waals surface area contributed by atoms with Gasteiger partial charge in [-0.3, -0.25) is 9.59 Å². The van der Waals surface area contributed by atoms with Crippen LogP contribution >= 0.6 is 11.6 Å². The highest BCUT2D eigenvalue weighted by molar-refractivity contribution is 6.39. The number of rotatable bonds is 6. The maximum atomic E-state index is 12.1. The fraction of sp³-hybridized carbons (Fsp3) is 0.467. The lowest BCUT2D eigenvalue weighted by atomic mass is 10.2. The van der Waals surface area contributed by atoms with Gasteiger partial charge >= 0.3 is 11.8 Å². The summed E-state index contributed by atoms with van der Waals surface area (Å²) in [4.78, 5) is 25.7. The molecule has 5 heteroatoms. The summed E-state index contributed by atoms with van der Waals surface area (Å²) < 4.78 is 0. The molecule has 4 nitrogen and oxygen atoms in total. The number of nitrogens with zero attached hydrogens (tertiary/aromatic N) is 1. The Balaban J connectivity index is 2.66. The van der Waals surface area contributed by atoms with Crippen molar-refractivity contribution in [2.75, 3.05) is 18.4 Å². The SMILES string of the molecule is CCCCN(CCC)C(=O)C(=O)Nc1cccc(Cl)c1. The quantitative estimate of drug-likeness (QED) is 0.819. The smallest absolute Gasteiger partial charge is 0.313 e. The van der Waals surface area contributed by atoms with Gasteiger partial charge in [0, 0.05) is 23.8 Å². The number of carbonyl (C=O) groups is 2. The van der Waals surface area contributed by atoms with E-state index in [0.717, 1.165) is 19.3 Å². The van der Waals surface area contributed by atoms with Crippen LogP contribution < -0.4 is 5.32 Å². The first kappa shape index (κ1) is 16.5. The van der Waals surface area contributed by atoms with Gasteiger partial charge < -0.3 is 10.2 Å². The highest BCUT2D eigenvalue weighted by Gasteiger charge is 2.20. The van der Waals surface area contributed by atoms with E-state index in [-0.39, 0.29) is 0 Å². The second-order valence-electron chi connectivity index (χ2n) is 4.61. The molecular formula is C15H21ClN2O2. The zero-order chi connectivity index (χ0) is 15.0. The number of carbonyl (C=O) groups excluding carboxylic acids is 2. The summed E-state index contributed by atoms with van der Waals surface area (Å²) in [5.41, 5.74) is 0.530. The Morgan fingerprint density at radius 2 is 1.95 bits per heavy atom. The number of hydrogen-bond acceptors (Lipinski definition) is 2. The number of anilines is 1. The topological polar surface area (TPSA) is 49.4 Å². The molecule has 0 saturated heterocycles. The number of amides is 2. The van der Waals surface area contributed by atoms with Crippen molar-refractivity contribution in [1.29, 1.82) is 0 Å². The largest absolute Gasteiger partial charge is 0.334 e. The zero-order valence-electron chi connectivity index (χ0n) is 12.0. The Kier molecular flexibility index (Phi) is 7.09. The summed E-state index contributed by atoms with van der Waals surface area (Å²) >= 11 is 5.84. The van der Waals surface area contributed by atoms with E-state index in [1.807, 2.05) is 6.92 Å². The molecule has 0 bridgehead atoms. The highest BCUT2D eigenvalue weighted by atomic mass is 35.5. The molecule has 0 aliphatic rings. The van der Waals surface area contributed by atoms with Gasteiger partial charge in [0.15, 0.2) is 0 Å². The van der Waals surface area contributed by atoms with Crippen molar-refractivity contribution in [2.24, 2.45) is 0 Å². The predicted octanol–water partition coefficient (Wildman–Crippen LogP) is 3.32. The van der Waals surface area contributed by atoms with Crippen LogP contribution in [0, 0.1) is 0 Å². The third kappa shape index (κ3) is 5.21. The molecule has 1 aromatic rings. The fourth-order valence-electron chi connectivity index (χ4n) is 1.83. The minimum Gasteiger partial charge on any atom is -0.334 e. The van der Waals surface area contributed by atoms with Gasteiger partial charge in [0.25, 0.3) is 0 Å². The second-order valence-corrected chi connectivity index (χ2v) is 5.05. The molecule has 0 fully saturated rings. The Morgan fingerprint density at radius 1 is 1.20 bits per heavy atom. The number of unbranched alkanes of at least 4 members (excludes halogenated alkanes) is 1. The van der Waals surface area contributed by atoms with Crippen LogP contribution in [-0.2, 0) is 9.59 Å². The Bertz CT molecular complexity index is 463. The normalized spacial score (nSPS) is 10.2. The van der Waals surface area contributed by atoms with Gasteiger partial charge in [0.05, 0.1) is 0 Å². The number of hydrogen-bond donors (Lipinski definition) is 1. The fourth-order valence-corrected chi connectivity index (χ4v) is 2.02. The standard InChI is InChI=1S/C15H21ClN2O2/c1-3-5-10-18(9-4-2)15(20)14(19)17-13-8-6-7-12(16)11-13/h6-8,11H,3-5,9-10H2,1-2H3,(H,17,19). The molecule has 0 heterocycles. The van der Waals surface area contributed by atoms with Gasteiger partial charge in [0.2, 0.25) is 0 Å². The maximum Gasteiger partial charge on any atom is 0.313 e. The van der Waals surface area contributed by atoms with E-state index in [9.17, 15) is 9.59 Å². The molecule has 1 N–H and O–H groups in total. The molecule has 0 aromatic heterocycles. The summed E-state index contributed by atoms with van der Waals surface area (Å²) in [5, 5.41) is 3.10. The summed E-state index contributed by atoms with van der Waals surface area (Å²) in [5.74, 6) is -1.10. The second kappa shape index (κ2) is 8.59. The average molecular weight is 297 g/mol. The molecule has 0 unspecified atom stereocenters. The Hall–Kier alpha value is -1.55. The molecule has 2 amide bonds. The first-order chi connectivity index (χ1) is 9.58. The van der Waals surface area contributed by atoms with Crippen molar-refractivity contribution in [1.82, 2.24) is 4.90 Å². The zero-order valence-corrected chi connectivity index (χ0v) is 12.7. The number of nitrogens with one attached hydrogen (secondary N) is 1. The maximum absolute atomic E-state index is 12.1. The average Bonchev–Trinajstić information content (AvgIpc) is 2.42. The first-order valence-electron chi connectivity index (χ1n) is 6.94. The van der Waals surface area contributed by atoms with Gasteiger partial charge in [-0.05, 0) is 31.0 Å². The van der Waals surface area contributed by atoms with Gasteiger partial charge in [-0.15, -0.1) is 0 Å². The lowest BCUT2D eigenvalue weighted by Crippen LogP contribution is -2.40. The van der Waals surface area contributed by atoms with E-state index >= 15 is 0 Å². The molecule has 1 rings (SSSR count). The third-order valence-electron chi connectivity index (χ3n) is 2.84. The summed E-state index contributed by atoms with van der Waals surface area (Å²) in [6, 6.07) is 6.75. The minimum atomic E-state index is -0.614. The van der Waals surface area contributed by atoms with Crippen LogP contribution in [0.3, 0.4) is 0 Å². The molecule has 0 atom stereocenters. The first-order valence-corrected chi connectivity index (χ1v) is 7.32. The van der Waals surface area contributed by atoms with Crippen LogP contribution in [0.4, 0.5) is 5.69 Å². The lowest BCUT2D eigenvalue weighted by Gasteiger charge is -2.21. The van der Waals surface area contributed by atoms with Crippen molar-refractivity contribution < 1.29 is 9.59 Å². The van der Waals surface area contributed by atoms with Crippen molar-refractivity contribution in [2.45, 2.75) is 33.1 Å². The number of benzene rings is 1. The van der Waals surface area contributed by atoms with E-state index in [1.54, 1.807) is 29.2 Å². The Labute approximate surface area is 125 Å². The van der Waals surface area contributed by atoms with E-state index < -0.39 is 11.8 Å². The van der Waals surface area contributed by atoms with Gasteiger partial charge in [-0.1, -0.05) is 37.9 Å². The molecule has 20 heavy (non-hydrogen) atoms. The van der Waals surface area contributed by atoms with E-state index in [4.69, 9.17) is 11.6 Å². The van der Waals surface area contributed by atoms with Crippen molar-refractivity contribution in [3.05, 3.63) is 29.3 Å². The van der Waals surface area contributed by atoms with Crippen molar-refractivity contribution in [3.63, 3.8) is 0 Å². The van der Waals surface area contributed by atoms with Gasteiger partial charge in [-0.25, -0.2) is 0 Å². The van der Waals surface area contributed by atoms with E-state index in [1.165, 1.54) is 0 Å². The summed E-state index contributed by atoms with van der Waals surface area (Å²) in [6.07, 6.45) is 2.72. The van der Waals surface area contributed by atoms with Crippen LogP contribution in [-0.4, -0.2) is 29.8 Å². The van der Waals surface area contributed by atoms with Crippen LogP contribution in [0.1, 0.15) is 33.1 Å². The lowest BCUT2D eigenvalue weighted by molar-refractivity contribution is -0.143. The highest BCUT2D eigenvalue weighted by Crippen LogP contribution is 2.15. The van der Waals surface area contributed by atoms with Gasteiger partial charge in [0.1, 0.15) is 0 Å². The minimum absolute atomic E-state index is 0.486. The number of halogens is 1. The monoisotopic (exact) mass is 296 g/mol. The van der Waals surface area contributed by atoms with Crippen LogP contribution in [0.5, 0.6) is 0 Å². The third-order valence-corrected chi connectivity index (χ3v) is 3.07. The van der Waals surface area contributed by atoms with Crippen LogP contribution in [0.2, 0.25) is 5.02 Å². The molecular weight excluding hydrogens is 276 g/mol. The van der Waals surface area contributed by atoms with Gasteiger partial charge in [-0.2, -0.15) is 0 Å². The van der Waals surface area contributed by atoms with Crippen molar-refractivity contribution >= 4 is 29.1 Å². The molecule has 110 valence electrons. The molecule has 0 radical (unpaired) electrons. The molecule has 0 aliphatic heterocycles. The summed E-state index contributed by atoms with van der Waals surface area (Å²) in [7, 11) is 0. The van der Waals surface area contributed by atoms with Crippen LogP contribution in [0.25, 0.3) is 0 Å². The molecule has 0 aliphatic carbocycles. The summed E-state index contributed by atoms with van der Waals surface area (Å²) in [6.45, 7) is 5.26. The van der Waals surface area contributed by atoms with E-state index in [2.05, 4.69) is 12.2 Å². The molecule has 0 saturated carbocycles. The van der Waals surface area contributed by atoms with Crippen molar-refractivity contribution in [3.8, 4) is 0 Å². The molecule has 1 aromatic carbocycles. The van der Waals surface area contributed by atoms with Crippen LogP contribution in [0.15, 0.2) is 24.3 Å². The predicted molar refractivity (Wildman–Crippen MR) is 81.9 cm³/mol. The Morgan fingerprint density at radius 3 is 2.55 bits per heavy atom. The van der Waals surface area contributed by atoms with E-state index in [0.29, 0.717) is 23.8 Å². The molecule has 0 spiro atoms.